The zero-order valence-corrected chi connectivity index (χ0v) is 42.5. The van der Waals surface area contributed by atoms with Gasteiger partial charge >= 0.3 is 33.2 Å². The number of hydrogen-bond donors (Lipinski definition) is 4. The third kappa shape index (κ3) is 11.0. The quantitative estimate of drug-likeness (QED) is 0.0627. The van der Waals surface area contributed by atoms with E-state index in [0.29, 0.717) is 0 Å². The maximum Gasteiger partial charge on any atom is 0.475 e. The van der Waals surface area contributed by atoms with Gasteiger partial charge in [-0.05, 0) is 28.6 Å². The average Bonchev–Trinajstić information content (AvgIpc) is 3.89. The van der Waals surface area contributed by atoms with E-state index in [1.165, 1.54) is 23.5 Å². The lowest BCUT2D eigenvalue weighted by Crippen LogP contribution is -2.65. The summed E-state index contributed by atoms with van der Waals surface area (Å²) in [6.07, 6.45) is -4.88. The molecule has 1 aliphatic carbocycles. The molecule has 2 aliphatic heterocycles. The molecule has 5 heterocycles. The number of ether oxygens (including phenoxy) is 1. The molecule has 0 spiro atoms. The Morgan fingerprint density at radius 1 is 1.06 bits per heavy atom. The number of hydrogen-bond acceptors (Lipinski definition) is 19. The highest BCUT2D eigenvalue weighted by atomic mass is 31.2. The number of nitrogens with one attached hydrogen (secondary N) is 3. The van der Waals surface area contributed by atoms with Gasteiger partial charge in [-0.1, -0.05) is 69.2 Å². The summed E-state index contributed by atoms with van der Waals surface area (Å²) < 4.78 is 96.8. The maximum atomic E-state index is 16.0. The van der Waals surface area contributed by atoms with Crippen molar-refractivity contribution in [2.75, 3.05) is 30.5 Å². The van der Waals surface area contributed by atoms with Gasteiger partial charge in [0.15, 0.2) is 17.4 Å². The van der Waals surface area contributed by atoms with Crippen molar-refractivity contribution in [3.05, 3.63) is 29.3 Å². The number of halogens is 1. The highest BCUT2D eigenvalue weighted by molar-refractivity contribution is 7.48. The topological polar surface area (TPSA) is 295 Å². The molecule has 66 heavy (non-hydrogen) atoms. The first-order valence-electron chi connectivity index (χ1n) is 22.0. The molecule has 10 atom stereocenters. The summed E-state index contributed by atoms with van der Waals surface area (Å²) in [5, 5.41) is 14.9. The fourth-order valence-electron chi connectivity index (χ4n) is 8.67. The number of phosphoric ester groups is 1. The summed E-state index contributed by atoms with van der Waals surface area (Å²) in [6.45, 7) is 18.6. The first-order valence-corrected chi connectivity index (χ1v) is 28.6. The number of phosphoric acid groups is 1. The molecule has 28 heteroatoms. The molecule has 6 rings (SSSR count). The lowest BCUT2D eigenvalue weighted by Gasteiger charge is -2.51. The molecule has 366 valence electrons. The summed E-state index contributed by atoms with van der Waals surface area (Å²) in [5.74, 6) is -2.01. The Morgan fingerprint density at radius 3 is 2.33 bits per heavy atom. The van der Waals surface area contributed by atoms with E-state index in [1.807, 2.05) is 33.8 Å². The molecule has 0 aromatic carbocycles. The molecule has 3 aromatic rings. The van der Waals surface area contributed by atoms with Crippen molar-refractivity contribution in [1.29, 1.82) is 5.26 Å². The lowest BCUT2D eigenvalue weighted by atomic mass is 10.1. The number of nitriles is 1. The standard InChI is InChI=1S/C38H61FN10O13P2Si2/c1-20(2)34(50)47-38-46-33-29(35(51)48-38)44-19-49(33)36-32(31-27(58-36)16-57-65(21(3)4,22(5)6)62-66(61-31,23(7)8)24(9)10)60-64(54,55-13-11-12-40)56-15-25-14-26(28(39)30(25)59-63(52)53)45-37-42-17-41-18-43-37/h17-28,30-32,36,63H,11,13-16H2,1-10H3,(H,52,53)(H,41,42,43,45)(H2,46,47,48,50,51)/t25-,26-,27-,28+,30-,31-,32-,36-,64?/m1/s1. The number of imidazole rings is 1. The van der Waals surface area contributed by atoms with Crippen LogP contribution in [0.1, 0.15) is 88.3 Å². The maximum absolute atomic E-state index is 16.0. The molecule has 4 N–H and O–H groups in total. The highest BCUT2D eigenvalue weighted by Gasteiger charge is 2.63. The summed E-state index contributed by atoms with van der Waals surface area (Å²) in [7, 11) is -15.2. The van der Waals surface area contributed by atoms with Crippen molar-refractivity contribution in [2.45, 2.75) is 147 Å². The highest BCUT2D eigenvalue weighted by Crippen LogP contribution is 2.57. The Bertz CT molecular complexity index is 2310. The van der Waals surface area contributed by atoms with Crippen molar-refractivity contribution < 1.29 is 59.0 Å². The second kappa shape index (κ2) is 21.5. The van der Waals surface area contributed by atoms with Gasteiger partial charge in [-0.2, -0.15) is 10.2 Å². The number of carbonyl (C=O) groups is 1. The van der Waals surface area contributed by atoms with Crippen LogP contribution in [-0.4, -0.2) is 119 Å². The zero-order valence-electron chi connectivity index (χ0n) is 38.6. The Hall–Kier alpha value is -3.42. The van der Waals surface area contributed by atoms with Gasteiger partial charge in [-0.25, -0.2) is 28.9 Å². The number of fused-ring (bicyclic) bond motifs is 2. The van der Waals surface area contributed by atoms with Gasteiger partial charge < -0.3 is 32.4 Å². The van der Waals surface area contributed by atoms with Crippen LogP contribution in [0.2, 0.25) is 22.2 Å². The SMILES string of the molecule is CC(C)C(=O)Nc1nc2c(ncn2[C@@H]2O[C@@H]3CO[Si](C(C)C)(C(C)C)O[Si](C(C)C)(C(C)C)O[C@H]3[C@H]2OP(=O)(OCCC#N)OC[C@H]2C[C@@H](Nc3ncncn3)[C@H](F)[C@@H]2O[PH](=O)O)c(=O)[nH]1. The Balaban J connectivity index is 1.45. The molecule has 23 nitrogen and oxygen atoms in total. The number of nitrogens with zero attached hydrogens (tertiary/aromatic N) is 7. The number of H-pyrrole nitrogens is 1. The van der Waals surface area contributed by atoms with Crippen LogP contribution in [-0.2, 0) is 49.7 Å². The molecule has 3 aromatic heterocycles. The number of carbonyl (C=O) groups excluding carboxylic acids is 1. The minimum atomic E-state index is -4.91. The average molecular weight is 1000 g/mol. The van der Waals surface area contributed by atoms with Gasteiger partial charge in [0.05, 0.1) is 44.7 Å². The first-order chi connectivity index (χ1) is 31.1. The summed E-state index contributed by atoms with van der Waals surface area (Å²) >= 11 is 0. The predicted octanol–water partition coefficient (Wildman–Crippen LogP) is 5.80. The van der Waals surface area contributed by atoms with Gasteiger partial charge in [0, 0.05) is 11.8 Å². The van der Waals surface area contributed by atoms with E-state index in [2.05, 4.69) is 68.2 Å². The van der Waals surface area contributed by atoms with Gasteiger partial charge in [-0.15, -0.1) is 0 Å². The minimum absolute atomic E-state index is 0.0227. The largest absolute Gasteiger partial charge is 0.475 e. The molecule has 1 amide bonds. The molecular formula is C38H61FN10O13P2Si2. The fourth-order valence-corrected chi connectivity index (χ4v) is 21.8. The molecule has 1 saturated carbocycles. The van der Waals surface area contributed by atoms with Gasteiger partial charge in [0.2, 0.25) is 17.8 Å². The van der Waals surface area contributed by atoms with Crippen LogP contribution < -0.4 is 16.2 Å². The number of aromatic amines is 1. The first kappa shape index (κ1) is 52.0. The predicted molar refractivity (Wildman–Crippen MR) is 240 cm³/mol. The fraction of sp³-hybridized carbons (Fsp3) is 0.737. The lowest BCUT2D eigenvalue weighted by molar-refractivity contribution is -0.118. The molecule has 2 saturated heterocycles. The van der Waals surface area contributed by atoms with Crippen LogP contribution in [0.15, 0.2) is 23.8 Å². The summed E-state index contributed by atoms with van der Waals surface area (Å²) in [6, 6.07) is 0.892. The van der Waals surface area contributed by atoms with Gasteiger partial charge in [0.25, 0.3) is 5.56 Å². The summed E-state index contributed by atoms with van der Waals surface area (Å²) in [4.78, 5) is 59.1. The van der Waals surface area contributed by atoms with E-state index in [1.54, 1.807) is 13.8 Å². The number of anilines is 2. The van der Waals surface area contributed by atoms with Crippen molar-refractivity contribution in [3.8, 4) is 6.07 Å². The van der Waals surface area contributed by atoms with Crippen molar-refractivity contribution in [2.24, 2.45) is 11.8 Å². The third-order valence-corrected chi connectivity index (χ3v) is 24.2. The molecule has 3 aliphatic rings. The van der Waals surface area contributed by atoms with Crippen LogP contribution in [0.5, 0.6) is 0 Å². The van der Waals surface area contributed by atoms with Gasteiger partial charge in [0.1, 0.15) is 43.2 Å². The smallest absolute Gasteiger partial charge is 0.414 e. The number of aromatic nitrogens is 7. The molecular weight excluding hydrogens is 942 g/mol. The number of alkyl halides is 1. The molecule has 0 radical (unpaired) electrons. The molecule has 0 bridgehead atoms. The van der Waals surface area contributed by atoms with E-state index in [0.717, 1.165) is 0 Å². The second-order valence-electron chi connectivity index (χ2n) is 18.1. The Kier molecular flexibility index (Phi) is 16.9. The van der Waals surface area contributed by atoms with E-state index >= 15 is 8.96 Å². The van der Waals surface area contributed by atoms with Crippen LogP contribution in [0.25, 0.3) is 11.2 Å². The van der Waals surface area contributed by atoms with E-state index in [9.17, 15) is 24.3 Å². The zero-order chi connectivity index (χ0) is 48.3. The molecule has 2 unspecified atom stereocenters. The third-order valence-electron chi connectivity index (χ3n) is 12.0. The Labute approximate surface area is 384 Å². The second-order valence-corrected chi connectivity index (χ2v) is 29.3. The van der Waals surface area contributed by atoms with Crippen molar-refractivity contribution in [1.82, 2.24) is 34.5 Å². The van der Waals surface area contributed by atoms with E-state index in [4.69, 9.17) is 35.8 Å². The summed E-state index contributed by atoms with van der Waals surface area (Å²) in [5.41, 5.74) is -1.23. The van der Waals surface area contributed by atoms with Crippen LogP contribution in [0.4, 0.5) is 16.3 Å². The van der Waals surface area contributed by atoms with Crippen LogP contribution in [0.3, 0.4) is 0 Å². The van der Waals surface area contributed by atoms with Crippen molar-refractivity contribution >= 4 is 62.2 Å². The van der Waals surface area contributed by atoms with Crippen molar-refractivity contribution in [3.63, 3.8) is 0 Å². The number of amides is 1. The Morgan fingerprint density at radius 2 is 1.73 bits per heavy atom. The van der Waals surface area contributed by atoms with Gasteiger partial charge in [-0.3, -0.25) is 42.6 Å². The monoisotopic (exact) mass is 1000 g/mol. The van der Waals surface area contributed by atoms with E-state index < -0.39 is 113 Å². The minimum Gasteiger partial charge on any atom is -0.414 e. The molecule has 3 fully saturated rings. The number of rotatable bonds is 19. The van der Waals surface area contributed by atoms with Crippen LogP contribution >= 0.6 is 16.1 Å². The normalized spacial score (nSPS) is 27.8. The van der Waals surface area contributed by atoms with E-state index in [-0.39, 0.29) is 64.7 Å². The van der Waals surface area contributed by atoms with Crippen LogP contribution in [0, 0.1) is 23.2 Å².